The fourth-order valence-corrected chi connectivity index (χ4v) is 2.47. The zero-order chi connectivity index (χ0) is 15.4. The summed E-state index contributed by atoms with van der Waals surface area (Å²) in [5.74, 6) is -0.640. The van der Waals surface area contributed by atoms with Crippen LogP contribution in [0.4, 0.5) is 10.5 Å². The van der Waals surface area contributed by atoms with Gasteiger partial charge in [0, 0.05) is 31.8 Å². The van der Waals surface area contributed by atoms with Crippen molar-refractivity contribution in [3.8, 4) is 0 Å². The van der Waals surface area contributed by atoms with Crippen LogP contribution in [0.1, 0.15) is 22.3 Å². The molecular weight excluding hydrogens is 272 g/mol. The van der Waals surface area contributed by atoms with E-state index in [1.807, 2.05) is 6.92 Å². The van der Waals surface area contributed by atoms with Crippen LogP contribution in [0.5, 0.6) is 0 Å². The van der Waals surface area contributed by atoms with E-state index in [9.17, 15) is 9.59 Å². The number of aryl methyl sites for hydroxylation is 1. The first-order valence-electron chi connectivity index (χ1n) is 6.90. The minimum atomic E-state index is -1.01. The molecule has 1 aromatic carbocycles. The molecule has 1 saturated heterocycles. The lowest BCUT2D eigenvalue weighted by Crippen LogP contribution is -2.33. The number of hydrogen-bond donors (Lipinski definition) is 2. The number of rotatable bonds is 4. The summed E-state index contributed by atoms with van der Waals surface area (Å²) in [6, 6.07) is 4.51. The molecule has 0 bridgehead atoms. The summed E-state index contributed by atoms with van der Waals surface area (Å²) in [4.78, 5) is 24.9. The van der Waals surface area contributed by atoms with Crippen molar-refractivity contribution in [3.05, 3.63) is 29.3 Å². The maximum absolute atomic E-state index is 12.2. The van der Waals surface area contributed by atoms with Crippen LogP contribution in [0.3, 0.4) is 0 Å². The highest BCUT2D eigenvalue weighted by molar-refractivity contribution is 5.94. The monoisotopic (exact) mass is 292 g/mol. The molecule has 1 fully saturated rings. The highest BCUT2D eigenvalue weighted by atomic mass is 16.5. The van der Waals surface area contributed by atoms with Crippen LogP contribution in [-0.4, -0.2) is 48.8 Å². The first kappa shape index (κ1) is 15.3. The number of ether oxygens (including phenoxy) is 1. The predicted octanol–water partition coefficient (Wildman–Crippen LogP) is 2.19. The van der Waals surface area contributed by atoms with Crippen LogP contribution in [0.15, 0.2) is 18.2 Å². The molecule has 114 valence electrons. The molecule has 0 saturated carbocycles. The molecule has 0 aliphatic carbocycles. The van der Waals surface area contributed by atoms with Crippen LogP contribution in [0.2, 0.25) is 0 Å². The van der Waals surface area contributed by atoms with Crippen molar-refractivity contribution >= 4 is 17.7 Å². The van der Waals surface area contributed by atoms with E-state index in [-0.39, 0.29) is 11.6 Å². The third-order valence-electron chi connectivity index (χ3n) is 3.70. The van der Waals surface area contributed by atoms with Gasteiger partial charge in [0.2, 0.25) is 0 Å². The summed E-state index contributed by atoms with van der Waals surface area (Å²) in [7, 11) is 1.66. The largest absolute Gasteiger partial charge is 0.478 e. The summed E-state index contributed by atoms with van der Waals surface area (Å²) < 4.78 is 5.11. The van der Waals surface area contributed by atoms with Gasteiger partial charge >= 0.3 is 12.0 Å². The lowest BCUT2D eigenvalue weighted by Gasteiger charge is -2.18. The summed E-state index contributed by atoms with van der Waals surface area (Å²) in [5.41, 5.74) is 1.53. The van der Waals surface area contributed by atoms with E-state index in [2.05, 4.69) is 5.32 Å². The van der Waals surface area contributed by atoms with Crippen LogP contribution in [0, 0.1) is 12.8 Å². The number of carbonyl (C=O) groups is 2. The molecule has 1 aliphatic rings. The molecule has 1 unspecified atom stereocenters. The van der Waals surface area contributed by atoms with Crippen molar-refractivity contribution in [1.82, 2.24) is 4.90 Å². The zero-order valence-electron chi connectivity index (χ0n) is 12.3. The van der Waals surface area contributed by atoms with E-state index in [1.165, 1.54) is 12.1 Å². The Morgan fingerprint density at radius 1 is 1.48 bits per heavy atom. The first-order chi connectivity index (χ1) is 10.0. The number of carbonyl (C=O) groups excluding carboxylic acids is 1. The van der Waals surface area contributed by atoms with Crippen LogP contribution in [-0.2, 0) is 4.74 Å². The number of anilines is 1. The molecule has 2 rings (SSSR count). The number of benzene rings is 1. The minimum Gasteiger partial charge on any atom is -0.478 e. The summed E-state index contributed by atoms with van der Waals surface area (Å²) >= 11 is 0. The summed E-state index contributed by atoms with van der Waals surface area (Å²) in [6.45, 7) is 3.84. The molecular formula is C15H20N2O4. The minimum absolute atomic E-state index is 0.162. The van der Waals surface area contributed by atoms with Gasteiger partial charge in [-0.3, -0.25) is 0 Å². The molecule has 6 heteroatoms. The normalized spacial score (nSPS) is 17.8. The highest BCUT2D eigenvalue weighted by Crippen LogP contribution is 2.20. The van der Waals surface area contributed by atoms with Crippen molar-refractivity contribution in [2.45, 2.75) is 13.3 Å². The van der Waals surface area contributed by atoms with Gasteiger partial charge in [-0.25, -0.2) is 9.59 Å². The number of methoxy groups -OCH3 is 1. The van der Waals surface area contributed by atoms with Crippen molar-refractivity contribution in [2.75, 3.05) is 32.1 Å². The highest BCUT2D eigenvalue weighted by Gasteiger charge is 2.26. The van der Waals surface area contributed by atoms with E-state index >= 15 is 0 Å². The van der Waals surface area contributed by atoms with Crippen molar-refractivity contribution in [2.24, 2.45) is 5.92 Å². The molecule has 21 heavy (non-hydrogen) atoms. The third kappa shape index (κ3) is 3.72. The van der Waals surface area contributed by atoms with Gasteiger partial charge in [-0.1, -0.05) is 6.07 Å². The van der Waals surface area contributed by atoms with E-state index in [0.29, 0.717) is 31.3 Å². The number of nitrogens with one attached hydrogen (secondary N) is 1. The lowest BCUT2D eigenvalue weighted by atomic mass is 10.1. The van der Waals surface area contributed by atoms with Gasteiger partial charge in [0.1, 0.15) is 0 Å². The zero-order valence-corrected chi connectivity index (χ0v) is 12.3. The molecule has 0 aromatic heterocycles. The SMILES string of the molecule is COCC1CCN(C(=O)Nc2cc(C(=O)O)ccc2C)C1. The van der Waals surface area contributed by atoms with Crippen molar-refractivity contribution in [1.29, 1.82) is 0 Å². The van der Waals surface area contributed by atoms with Gasteiger partial charge in [0.15, 0.2) is 0 Å². The summed E-state index contributed by atoms with van der Waals surface area (Å²) in [6.07, 6.45) is 0.926. The number of nitrogens with zero attached hydrogens (tertiary/aromatic N) is 1. The number of carboxylic acids is 1. The van der Waals surface area contributed by atoms with E-state index < -0.39 is 5.97 Å². The standard InChI is InChI=1S/C15H20N2O4/c1-10-3-4-12(14(18)19)7-13(10)16-15(20)17-6-5-11(8-17)9-21-2/h3-4,7,11H,5-6,8-9H2,1-2H3,(H,16,20)(H,18,19). The van der Waals surface area contributed by atoms with Crippen LogP contribution >= 0.6 is 0 Å². The number of amides is 2. The van der Waals surface area contributed by atoms with Gasteiger partial charge in [-0.2, -0.15) is 0 Å². The Hall–Kier alpha value is -2.08. The Labute approximate surface area is 123 Å². The van der Waals surface area contributed by atoms with Crippen molar-refractivity contribution < 1.29 is 19.4 Å². The number of aromatic carboxylic acids is 1. The molecule has 1 aliphatic heterocycles. The molecule has 1 heterocycles. The molecule has 0 spiro atoms. The average Bonchev–Trinajstić information content (AvgIpc) is 2.90. The number of hydrogen-bond acceptors (Lipinski definition) is 3. The average molecular weight is 292 g/mol. The second-order valence-electron chi connectivity index (χ2n) is 5.32. The Morgan fingerprint density at radius 3 is 2.90 bits per heavy atom. The predicted molar refractivity (Wildman–Crippen MR) is 78.7 cm³/mol. The second kappa shape index (κ2) is 6.58. The summed E-state index contributed by atoms with van der Waals surface area (Å²) in [5, 5.41) is 11.8. The first-order valence-corrected chi connectivity index (χ1v) is 6.90. The lowest BCUT2D eigenvalue weighted by molar-refractivity contribution is 0.0697. The molecule has 1 atom stereocenters. The maximum atomic E-state index is 12.2. The van der Waals surface area contributed by atoms with Crippen molar-refractivity contribution in [3.63, 3.8) is 0 Å². The second-order valence-corrected chi connectivity index (χ2v) is 5.32. The van der Waals surface area contributed by atoms with Crippen LogP contribution in [0.25, 0.3) is 0 Å². The Morgan fingerprint density at radius 2 is 2.24 bits per heavy atom. The Kier molecular flexibility index (Phi) is 4.80. The third-order valence-corrected chi connectivity index (χ3v) is 3.70. The Bertz CT molecular complexity index is 544. The molecule has 0 radical (unpaired) electrons. The topological polar surface area (TPSA) is 78.9 Å². The van der Waals surface area contributed by atoms with Gasteiger partial charge in [-0.15, -0.1) is 0 Å². The van der Waals surface area contributed by atoms with E-state index in [1.54, 1.807) is 18.1 Å². The number of carboxylic acid groups (broad SMARTS) is 1. The van der Waals surface area contributed by atoms with E-state index in [0.717, 1.165) is 12.0 Å². The quantitative estimate of drug-likeness (QED) is 0.891. The molecule has 2 N–H and O–H groups in total. The maximum Gasteiger partial charge on any atom is 0.335 e. The van der Waals surface area contributed by atoms with Gasteiger partial charge in [0.25, 0.3) is 0 Å². The molecule has 1 aromatic rings. The number of likely N-dealkylation sites (tertiary alicyclic amines) is 1. The molecule has 2 amide bonds. The van der Waals surface area contributed by atoms with Gasteiger partial charge in [0.05, 0.1) is 12.2 Å². The van der Waals surface area contributed by atoms with E-state index in [4.69, 9.17) is 9.84 Å². The van der Waals surface area contributed by atoms with Gasteiger partial charge in [-0.05, 0) is 31.0 Å². The molecule has 6 nitrogen and oxygen atoms in total. The fraction of sp³-hybridized carbons (Fsp3) is 0.467. The van der Waals surface area contributed by atoms with Gasteiger partial charge < -0.3 is 20.1 Å². The number of urea groups is 1. The fourth-order valence-electron chi connectivity index (χ4n) is 2.47. The Balaban J connectivity index is 2.03. The van der Waals surface area contributed by atoms with Crippen LogP contribution < -0.4 is 5.32 Å². The smallest absolute Gasteiger partial charge is 0.335 e.